The summed E-state index contributed by atoms with van der Waals surface area (Å²) < 4.78 is 11.3. The van der Waals surface area contributed by atoms with Crippen molar-refractivity contribution in [2.45, 2.75) is 37.9 Å². The average Bonchev–Trinajstić information content (AvgIpc) is 3.02. The summed E-state index contributed by atoms with van der Waals surface area (Å²) in [5, 5.41) is 3.99. The van der Waals surface area contributed by atoms with E-state index in [1.807, 2.05) is 24.5 Å². The molecule has 0 spiro atoms. The summed E-state index contributed by atoms with van der Waals surface area (Å²) in [7, 11) is 0. The van der Waals surface area contributed by atoms with Crippen LogP contribution in [0.15, 0.2) is 28.9 Å². The Balaban J connectivity index is 1.47. The number of likely N-dealkylation sites (tertiary alicyclic amines) is 1. The second-order valence-electron chi connectivity index (χ2n) is 5.67. The van der Waals surface area contributed by atoms with Crippen LogP contribution in [0, 0.1) is 0 Å². The normalized spacial score (nSPS) is 19.1. The number of ether oxygens (including phenoxy) is 1. The third-order valence-electron chi connectivity index (χ3n) is 3.80. The number of thioether (sulfide) groups is 1. The lowest BCUT2D eigenvalue weighted by atomic mass is 10.1. The Morgan fingerprint density at radius 1 is 1.43 bits per heavy atom. The van der Waals surface area contributed by atoms with Crippen molar-refractivity contribution in [2.24, 2.45) is 0 Å². The molecule has 1 aliphatic heterocycles. The third-order valence-corrected chi connectivity index (χ3v) is 4.34. The molecule has 1 saturated heterocycles. The zero-order chi connectivity index (χ0) is 15.9. The van der Waals surface area contributed by atoms with Crippen LogP contribution < -0.4 is 0 Å². The lowest BCUT2D eigenvalue weighted by Gasteiger charge is -2.31. The highest BCUT2D eigenvalue weighted by Crippen LogP contribution is 2.17. The van der Waals surface area contributed by atoms with E-state index in [2.05, 4.69) is 20.0 Å². The molecule has 1 atom stereocenters. The van der Waals surface area contributed by atoms with Crippen LogP contribution in [0.4, 0.5) is 0 Å². The first kappa shape index (κ1) is 16.4. The summed E-state index contributed by atoms with van der Waals surface area (Å²) in [5.41, 5.74) is 0.975. The molecule has 0 bridgehead atoms. The third kappa shape index (κ3) is 5.02. The minimum atomic E-state index is 0.236. The fraction of sp³-hybridized carbons (Fsp3) is 0.562. The van der Waals surface area contributed by atoms with E-state index in [1.54, 1.807) is 18.0 Å². The highest BCUT2D eigenvalue weighted by molar-refractivity contribution is 7.97. The molecule has 124 valence electrons. The maximum absolute atomic E-state index is 6.01. The van der Waals surface area contributed by atoms with Crippen molar-refractivity contribution in [1.82, 2.24) is 20.0 Å². The van der Waals surface area contributed by atoms with Gasteiger partial charge in [0.15, 0.2) is 5.82 Å². The Morgan fingerprint density at radius 2 is 2.39 bits per heavy atom. The molecule has 0 aromatic carbocycles. The Kier molecular flexibility index (Phi) is 6.01. The van der Waals surface area contributed by atoms with Gasteiger partial charge >= 0.3 is 0 Å². The molecule has 0 saturated carbocycles. The van der Waals surface area contributed by atoms with Gasteiger partial charge in [-0.05, 0) is 37.8 Å². The minimum Gasteiger partial charge on any atom is -0.371 e. The van der Waals surface area contributed by atoms with E-state index in [0.29, 0.717) is 19.0 Å². The number of rotatable bonds is 7. The summed E-state index contributed by atoms with van der Waals surface area (Å²) in [6.07, 6.45) is 6.28. The second-order valence-corrected chi connectivity index (χ2v) is 6.53. The zero-order valence-corrected chi connectivity index (χ0v) is 14.2. The molecule has 1 unspecified atom stereocenters. The number of piperidine rings is 1. The van der Waals surface area contributed by atoms with E-state index in [1.165, 1.54) is 0 Å². The maximum Gasteiger partial charge on any atom is 0.240 e. The van der Waals surface area contributed by atoms with Crippen LogP contribution in [0.1, 0.15) is 30.3 Å². The molecule has 23 heavy (non-hydrogen) atoms. The van der Waals surface area contributed by atoms with E-state index in [-0.39, 0.29) is 6.10 Å². The van der Waals surface area contributed by atoms with Crippen molar-refractivity contribution in [2.75, 3.05) is 19.3 Å². The van der Waals surface area contributed by atoms with E-state index in [9.17, 15) is 0 Å². The molecule has 0 N–H and O–H groups in total. The Labute approximate surface area is 140 Å². The Hall–Kier alpha value is -1.44. The lowest BCUT2D eigenvalue weighted by molar-refractivity contribution is -0.0153. The van der Waals surface area contributed by atoms with Gasteiger partial charge in [-0.25, -0.2) is 0 Å². The average molecular weight is 334 g/mol. The highest BCUT2D eigenvalue weighted by Gasteiger charge is 2.22. The number of nitrogens with zero attached hydrogens (tertiary/aromatic N) is 4. The fourth-order valence-electron chi connectivity index (χ4n) is 2.71. The molecule has 3 heterocycles. The van der Waals surface area contributed by atoms with Crippen LogP contribution in [-0.2, 0) is 23.6 Å². The van der Waals surface area contributed by atoms with Crippen LogP contribution >= 0.6 is 11.8 Å². The van der Waals surface area contributed by atoms with Crippen molar-refractivity contribution in [3.63, 3.8) is 0 Å². The van der Waals surface area contributed by atoms with E-state index < -0.39 is 0 Å². The summed E-state index contributed by atoms with van der Waals surface area (Å²) >= 11 is 1.69. The van der Waals surface area contributed by atoms with E-state index >= 15 is 0 Å². The van der Waals surface area contributed by atoms with Gasteiger partial charge in [0.25, 0.3) is 0 Å². The van der Waals surface area contributed by atoms with Crippen LogP contribution in [0.2, 0.25) is 0 Å². The van der Waals surface area contributed by atoms with Gasteiger partial charge in [-0.15, -0.1) is 0 Å². The first-order chi connectivity index (χ1) is 11.3. The topological polar surface area (TPSA) is 64.3 Å². The van der Waals surface area contributed by atoms with Gasteiger partial charge in [-0.1, -0.05) is 11.2 Å². The number of hydrogen-bond acceptors (Lipinski definition) is 7. The molecule has 0 radical (unpaired) electrons. The monoisotopic (exact) mass is 334 g/mol. The summed E-state index contributed by atoms with van der Waals surface area (Å²) in [4.78, 5) is 11.0. The molecular weight excluding hydrogens is 312 g/mol. The van der Waals surface area contributed by atoms with Gasteiger partial charge in [0.1, 0.15) is 0 Å². The molecule has 1 aliphatic rings. The Bertz CT molecular complexity index is 593. The molecule has 0 aliphatic carbocycles. The molecule has 1 fully saturated rings. The van der Waals surface area contributed by atoms with Crippen molar-refractivity contribution < 1.29 is 9.26 Å². The van der Waals surface area contributed by atoms with Crippen LogP contribution in [0.25, 0.3) is 0 Å². The summed E-state index contributed by atoms with van der Waals surface area (Å²) in [5.74, 6) is 2.26. The van der Waals surface area contributed by atoms with Gasteiger partial charge in [0, 0.05) is 12.7 Å². The van der Waals surface area contributed by atoms with Crippen LogP contribution in [0.3, 0.4) is 0 Å². The molecule has 6 nitrogen and oxygen atoms in total. The van der Waals surface area contributed by atoms with Gasteiger partial charge in [0.2, 0.25) is 5.89 Å². The predicted molar refractivity (Wildman–Crippen MR) is 88.8 cm³/mol. The number of pyridine rings is 1. The first-order valence-corrected chi connectivity index (χ1v) is 9.27. The fourth-order valence-corrected chi connectivity index (χ4v) is 3.09. The summed E-state index contributed by atoms with van der Waals surface area (Å²) in [6.45, 7) is 3.21. The standard InChI is InChI=1S/C16H22N4O2S/c1-23-12-15-18-16(22-19-15)10-20-8-4-6-14(9-20)21-11-13-5-2-3-7-17-13/h2-3,5,7,14H,4,6,8-12H2,1H3. The minimum absolute atomic E-state index is 0.236. The SMILES string of the molecule is CSCc1noc(CN2CCCC(OCc3ccccn3)C2)n1. The summed E-state index contributed by atoms with van der Waals surface area (Å²) in [6, 6.07) is 5.90. The largest absolute Gasteiger partial charge is 0.371 e. The second kappa shape index (κ2) is 8.42. The highest BCUT2D eigenvalue weighted by atomic mass is 32.2. The first-order valence-electron chi connectivity index (χ1n) is 7.88. The maximum atomic E-state index is 6.01. The lowest BCUT2D eigenvalue weighted by Crippen LogP contribution is -2.39. The van der Waals surface area contributed by atoms with E-state index in [0.717, 1.165) is 43.2 Å². The molecule has 7 heteroatoms. The van der Waals surface area contributed by atoms with Crippen molar-refractivity contribution in [1.29, 1.82) is 0 Å². The van der Waals surface area contributed by atoms with Crippen LogP contribution in [0.5, 0.6) is 0 Å². The zero-order valence-electron chi connectivity index (χ0n) is 13.4. The van der Waals surface area contributed by atoms with Gasteiger partial charge in [-0.3, -0.25) is 9.88 Å². The quantitative estimate of drug-likeness (QED) is 0.771. The molecular formula is C16H22N4O2S. The molecule has 2 aromatic heterocycles. The number of hydrogen-bond donors (Lipinski definition) is 0. The van der Waals surface area contributed by atoms with Crippen molar-refractivity contribution >= 4 is 11.8 Å². The molecule has 0 amide bonds. The predicted octanol–water partition coefficient (Wildman–Crippen LogP) is 2.51. The molecule has 2 aromatic rings. The van der Waals surface area contributed by atoms with Crippen molar-refractivity contribution in [3.8, 4) is 0 Å². The van der Waals surface area contributed by atoms with E-state index in [4.69, 9.17) is 9.26 Å². The van der Waals surface area contributed by atoms with Gasteiger partial charge in [-0.2, -0.15) is 16.7 Å². The van der Waals surface area contributed by atoms with Crippen molar-refractivity contribution in [3.05, 3.63) is 41.8 Å². The molecule has 3 rings (SSSR count). The van der Waals surface area contributed by atoms with Gasteiger partial charge in [0.05, 0.1) is 30.7 Å². The number of aromatic nitrogens is 3. The van der Waals surface area contributed by atoms with Gasteiger partial charge < -0.3 is 9.26 Å². The Morgan fingerprint density at radius 3 is 3.22 bits per heavy atom. The smallest absolute Gasteiger partial charge is 0.240 e. The van der Waals surface area contributed by atoms with Crippen LogP contribution in [-0.4, -0.2) is 45.5 Å².